The molecule has 2 atom stereocenters. The molecule has 108 valence electrons. The minimum atomic E-state index is -1.18. The first-order valence-corrected chi connectivity index (χ1v) is 8.02. The van der Waals surface area contributed by atoms with Crippen molar-refractivity contribution in [2.75, 3.05) is 24.0 Å². The van der Waals surface area contributed by atoms with E-state index in [0.717, 1.165) is 5.75 Å². The van der Waals surface area contributed by atoms with Crippen LogP contribution in [0.4, 0.5) is 0 Å². The Morgan fingerprint density at radius 3 is 1.83 bits per heavy atom. The molecule has 8 heteroatoms. The second-order valence-corrected chi connectivity index (χ2v) is 5.33. The van der Waals surface area contributed by atoms with Crippen molar-refractivity contribution in [3.8, 4) is 0 Å². The molecule has 0 rings (SSSR count). The van der Waals surface area contributed by atoms with E-state index in [-0.39, 0.29) is 0 Å². The molecule has 0 aliphatic carbocycles. The highest BCUT2D eigenvalue weighted by Gasteiger charge is 2.10. The summed E-state index contributed by atoms with van der Waals surface area (Å²) < 4.78 is 0. The van der Waals surface area contributed by atoms with Crippen LogP contribution in [0.2, 0.25) is 0 Å². The molecule has 0 aromatic carbocycles. The van der Waals surface area contributed by atoms with Crippen LogP contribution in [0, 0.1) is 0 Å². The molecule has 5 N–H and O–H groups in total. The Hall–Kier alpha value is -0.440. The predicted molar refractivity (Wildman–Crippen MR) is 75.3 cm³/mol. The summed E-state index contributed by atoms with van der Waals surface area (Å²) in [6.07, 6.45) is 3.49. The number of thioether (sulfide) groups is 2. The summed E-state index contributed by atoms with van der Waals surface area (Å²) in [5.41, 5.74) is 5.19. The molecule has 0 radical (unpaired) electrons. The van der Waals surface area contributed by atoms with Crippen molar-refractivity contribution in [2.45, 2.75) is 25.0 Å². The molecule has 0 saturated carbocycles. The number of carboxylic acid groups (broad SMARTS) is 2. The van der Waals surface area contributed by atoms with Gasteiger partial charge in [0.2, 0.25) is 0 Å². The van der Waals surface area contributed by atoms with Crippen molar-refractivity contribution in [1.29, 1.82) is 0 Å². The van der Waals surface area contributed by atoms with Crippen molar-refractivity contribution < 1.29 is 24.9 Å². The number of hydrogen-bond donors (Lipinski definition) is 4. The van der Waals surface area contributed by atoms with Gasteiger partial charge in [-0.3, -0.25) is 4.79 Å². The van der Waals surface area contributed by atoms with E-state index < -0.39 is 24.1 Å². The zero-order valence-electron chi connectivity index (χ0n) is 10.5. The lowest BCUT2D eigenvalue weighted by atomic mass is 10.2. The lowest BCUT2D eigenvalue weighted by Crippen LogP contribution is -2.30. The van der Waals surface area contributed by atoms with Gasteiger partial charge in [-0.05, 0) is 36.9 Å². The van der Waals surface area contributed by atoms with E-state index in [4.69, 9.17) is 21.1 Å². The number of carbonyl (C=O) groups is 2. The first-order chi connectivity index (χ1) is 8.36. The monoisotopic (exact) mass is 299 g/mol. The molecule has 2 unspecified atom stereocenters. The SMILES string of the molecule is CSCCC(N)C(=O)O.CSCCC(O)C(=O)O. The second kappa shape index (κ2) is 13.0. The summed E-state index contributed by atoms with van der Waals surface area (Å²) in [6.45, 7) is 0. The van der Waals surface area contributed by atoms with Crippen molar-refractivity contribution in [3.63, 3.8) is 0 Å². The first-order valence-electron chi connectivity index (χ1n) is 5.23. The van der Waals surface area contributed by atoms with Gasteiger partial charge < -0.3 is 21.1 Å². The maximum absolute atomic E-state index is 10.1. The minimum absolute atomic E-state index is 0.330. The van der Waals surface area contributed by atoms with Gasteiger partial charge in [0, 0.05) is 0 Å². The fourth-order valence-electron chi connectivity index (χ4n) is 0.721. The van der Waals surface area contributed by atoms with E-state index in [1.165, 1.54) is 11.8 Å². The molecule has 0 bridgehead atoms. The molecular weight excluding hydrogens is 278 g/mol. The standard InChI is InChI=1S/C5H11NO2S.C5H10O3S/c2*1-9-3-2-4(6)5(7)8/h4H,2-3,6H2,1H3,(H,7,8);4,6H,2-3H2,1H3,(H,7,8). The van der Waals surface area contributed by atoms with E-state index in [1.807, 2.05) is 12.5 Å². The van der Waals surface area contributed by atoms with E-state index in [2.05, 4.69) is 0 Å². The third kappa shape index (κ3) is 13.6. The van der Waals surface area contributed by atoms with Crippen molar-refractivity contribution >= 4 is 35.5 Å². The average molecular weight is 299 g/mol. The summed E-state index contributed by atoms with van der Waals surface area (Å²) in [7, 11) is 0. The Balaban J connectivity index is 0. The highest BCUT2D eigenvalue weighted by Crippen LogP contribution is 1.99. The Labute approximate surface area is 115 Å². The summed E-state index contributed by atoms with van der Waals surface area (Å²) in [5, 5.41) is 25.1. The van der Waals surface area contributed by atoms with Crippen LogP contribution in [-0.4, -0.2) is 63.4 Å². The van der Waals surface area contributed by atoms with Gasteiger partial charge >= 0.3 is 11.9 Å². The third-order valence-corrected chi connectivity index (χ3v) is 3.12. The largest absolute Gasteiger partial charge is 0.480 e. The Morgan fingerprint density at radius 2 is 1.50 bits per heavy atom. The van der Waals surface area contributed by atoms with Crippen LogP contribution in [0.25, 0.3) is 0 Å². The number of nitrogens with two attached hydrogens (primary N) is 1. The van der Waals surface area contributed by atoms with Crippen molar-refractivity contribution in [3.05, 3.63) is 0 Å². The van der Waals surface area contributed by atoms with E-state index in [0.29, 0.717) is 18.6 Å². The third-order valence-electron chi connectivity index (χ3n) is 1.83. The van der Waals surface area contributed by atoms with Crippen LogP contribution in [0.1, 0.15) is 12.8 Å². The Bertz CT molecular complexity index is 216. The lowest BCUT2D eigenvalue weighted by Gasteiger charge is -2.02. The molecule has 0 aliphatic rings. The topological polar surface area (TPSA) is 121 Å². The molecular formula is C10H21NO5S2. The molecule has 18 heavy (non-hydrogen) atoms. The molecule has 0 heterocycles. The Morgan fingerprint density at radius 1 is 1.06 bits per heavy atom. The summed E-state index contributed by atoms with van der Waals surface area (Å²) in [5.74, 6) is -0.547. The number of aliphatic hydroxyl groups excluding tert-OH is 1. The van der Waals surface area contributed by atoms with Gasteiger partial charge in [0.25, 0.3) is 0 Å². The van der Waals surface area contributed by atoms with Crippen LogP contribution in [0.15, 0.2) is 0 Å². The molecule has 0 aliphatic heterocycles. The van der Waals surface area contributed by atoms with Gasteiger partial charge in [-0.1, -0.05) is 0 Å². The van der Waals surface area contributed by atoms with Crippen LogP contribution >= 0.6 is 23.5 Å². The zero-order chi connectivity index (χ0) is 14.6. The molecule has 6 nitrogen and oxygen atoms in total. The van der Waals surface area contributed by atoms with Crippen molar-refractivity contribution in [2.24, 2.45) is 5.73 Å². The highest BCUT2D eigenvalue weighted by atomic mass is 32.2. The maximum Gasteiger partial charge on any atom is 0.332 e. The maximum atomic E-state index is 10.1. The van der Waals surface area contributed by atoms with E-state index >= 15 is 0 Å². The van der Waals surface area contributed by atoms with Gasteiger partial charge in [0.15, 0.2) is 6.10 Å². The molecule has 0 amide bonds. The van der Waals surface area contributed by atoms with E-state index in [1.54, 1.807) is 11.8 Å². The number of rotatable bonds is 8. The minimum Gasteiger partial charge on any atom is -0.480 e. The fraction of sp³-hybridized carbons (Fsp3) is 0.800. The molecule has 0 fully saturated rings. The summed E-state index contributed by atoms with van der Waals surface area (Å²) in [6, 6.07) is -0.683. The number of carboxylic acids is 2. The zero-order valence-corrected chi connectivity index (χ0v) is 12.2. The highest BCUT2D eigenvalue weighted by molar-refractivity contribution is 7.98. The van der Waals surface area contributed by atoms with Crippen LogP contribution in [0.3, 0.4) is 0 Å². The first kappa shape index (κ1) is 19.9. The molecule has 0 aromatic heterocycles. The van der Waals surface area contributed by atoms with Gasteiger partial charge in [-0.2, -0.15) is 23.5 Å². The quantitative estimate of drug-likeness (QED) is 0.506. The summed E-state index contributed by atoms with van der Waals surface area (Å²) >= 11 is 3.13. The number of hydrogen-bond acceptors (Lipinski definition) is 6. The van der Waals surface area contributed by atoms with Gasteiger partial charge in [0.1, 0.15) is 6.04 Å². The molecule has 0 spiro atoms. The smallest absolute Gasteiger partial charge is 0.332 e. The lowest BCUT2D eigenvalue weighted by molar-refractivity contribution is -0.146. The second-order valence-electron chi connectivity index (χ2n) is 3.36. The Kier molecular flexibility index (Phi) is 14.4. The van der Waals surface area contributed by atoms with Crippen molar-refractivity contribution in [1.82, 2.24) is 0 Å². The van der Waals surface area contributed by atoms with E-state index in [9.17, 15) is 9.59 Å². The van der Waals surface area contributed by atoms with Crippen LogP contribution < -0.4 is 5.73 Å². The van der Waals surface area contributed by atoms with Gasteiger partial charge in [-0.15, -0.1) is 0 Å². The number of aliphatic carboxylic acids is 2. The molecule has 0 saturated heterocycles. The van der Waals surface area contributed by atoms with Crippen LogP contribution in [-0.2, 0) is 9.59 Å². The van der Waals surface area contributed by atoms with Gasteiger partial charge in [0.05, 0.1) is 0 Å². The average Bonchev–Trinajstić information content (AvgIpc) is 2.33. The molecule has 0 aromatic rings. The van der Waals surface area contributed by atoms with Crippen LogP contribution in [0.5, 0.6) is 0 Å². The van der Waals surface area contributed by atoms with Gasteiger partial charge in [-0.25, -0.2) is 4.79 Å². The predicted octanol–water partition coefficient (Wildman–Crippen LogP) is 0.336. The summed E-state index contributed by atoms with van der Waals surface area (Å²) in [4.78, 5) is 20.0. The normalized spacial score (nSPS) is 13.1. The fourth-order valence-corrected chi connectivity index (χ4v) is 1.67. The number of aliphatic hydroxyl groups is 1.